The van der Waals surface area contributed by atoms with Gasteiger partial charge in [0.05, 0.1) is 12.1 Å². The quantitative estimate of drug-likeness (QED) is 0.411. The van der Waals surface area contributed by atoms with Gasteiger partial charge in [-0.15, -0.1) is 0 Å². The highest BCUT2D eigenvalue weighted by atomic mass is 16.5. The second-order valence-corrected chi connectivity index (χ2v) is 11.0. The molecule has 34 heavy (non-hydrogen) atoms. The van der Waals surface area contributed by atoms with E-state index in [1.807, 2.05) is 32.9 Å². The molecule has 2 aromatic rings. The van der Waals surface area contributed by atoms with Gasteiger partial charge < -0.3 is 14.9 Å². The highest BCUT2D eigenvalue weighted by Gasteiger charge is 2.42. The number of amides is 1. The van der Waals surface area contributed by atoms with Crippen LogP contribution in [0.15, 0.2) is 16.7 Å². The summed E-state index contributed by atoms with van der Waals surface area (Å²) >= 11 is 0. The van der Waals surface area contributed by atoms with Gasteiger partial charge in [0.25, 0.3) is 0 Å². The summed E-state index contributed by atoms with van der Waals surface area (Å²) in [5.41, 5.74) is 5.93. The fourth-order valence-corrected chi connectivity index (χ4v) is 5.50. The van der Waals surface area contributed by atoms with Gasteiger partial charge in [-0.3, -0.25) is 9.59 Å². The Bertz CT molecular complexity index is 1060. The van der Waals surface area contributed by atoms with Gasteiger partial charge in [-0.1, -0.05) is 25.1 Å². The van der Waals surface area contributed by atoms with E-state index in [1.54, 1.807) is 0 Å². The predicted molar refractivity (Wildman–Crippen MR) is 132 cm³/mol. The van der Waals surface area contributed by atoms with E-state index < -0.39 is 11.9 Å². The molecule has 1 aromatic carbocycles. The van der Waals surface area contributed by atoms with Crippen LogP contribution in [0.2, 0.25) is 0 Å². The molecule has 0 aliphatic heterocycles. The van der Waals surface area contributed by atoms with Crippen LogP contribution >= 0.6 is 0 Å². The number of nitrogens with zero attached hydrogens (tertiary/aromatic N) is 1. The Balaban J connectivity index is 1.53. The molecule has 0 bridgehead atoms. The monoisotopic (exact) mass is 466 g/mol. The molecule has 1 aromatic heterocycles. The molecule has 2 fully saturated rings. The summed E-state index contributed by atoms with van der Waals surface area (Å²) in [7, 11) is 0. The van der Waals surface area contributed by atoms with E-state index >= 15 is 0 Å². The molecule has 6 heteroatoms. The highest BCUT2D eigenvalue weighted by Crippen LogP contribution is 2.52. The molecule has 1 atom stereocenters. The summed E-state index contributed by atoms with van der Waals surface area (Å²) in [6.07, 6.45) is 5.56. The number of carboxylic acid groups (broad SMARTS) is 1. The van der Waals surface area contributed by atoms with Gasteiger partial charge >= 0.3 is 5.97 Å². The van der Waals surface area contributed by atoms with Crippen molar-refractivity contribution in [3.63, 3.8) is 0 Å². The van der Waals surface area contributed by atoms with Crippen molar-refractivity contribution < 1.29 is 19.2 Å². The van der Waals surface area contributed by atoms with Crippen molar-refractivity contribution in [3.8, 4) is 0 Å². The van der Waals surface area contributed by atoms with E-state index in [0.29, 0.717) is 23.4 Å². The van der Waals surface area contributed by atoms with Crippen LogP contribution in [-0.2, 0) is 9.59 Å². The fraction of sp³-hybridized carbons (Fsp3) is 0.607. The fourth-order valence-electron chi connectivity index (χ4n) is 5.50. The Morgan fingerprint density at radius 2 is 1.79 bits per heavy atom. The van der Waals surface area contributed by atoms with Crippen LogP contribution in [-0.4, -0.2) is 22.1 Å². The SMILES string of the molecule is Cc1ccc(NC(=O)CC(CC(=O)O)c2noc(C3CC(CC(C)C)C3)c2C2CC2)c(C)c1C. The number of aryl methyl sites for hydroxylation is 1. The Labute approximate surface area is 202 Å². The largest absolute Gasteiger partial charge is 0.481 e. The molecule has 1 unspecified atom stereocenters. The first-order valence-corrected chi connectivity index (χ1v) is 12.7. The number of hydrogen-bond acceptors (Lipinski definition) is 4. The molecule has 0 spiro atoms. The van der Waals surface area contributed by atoms with Gasteiger partial charge in [-0.05, 0) is 93.4 Å². The van der Waals surface area contributed by atoms with Crippen molar-refractivity contribution in [1.29, 1.82) is 0 Å². The molecular weight excluding hydrogens is 428 g/mol. The maximum atomic E-state index is 13.0. The first-order chi connectivity index (χ1) is 16.1. The lowest BCUT2D eigenvalue weighted by atomic mass is 9.69. The lowest BCUT2D eigenvalue weighted by molar-refractivity contribution is -0.137. The Morgan fingerprint density at radius 1 is 1.09 bits per heavy atom. The van der Waals surface area contributed by atoms with Crippen LogP contribution in [0.3, 0.4) is 0 Å². The summed E-state index contributed by atoms with van der Waals surface area (Å²) in [6, 6.07) is 3.91. The summed E-state index contributed by atoms with van der Waals surface area (Å²) < 4.78 is 5.89. The third-order valence-electron chi connectivity index (χ3n) is 7.75. The van der Waals surface area contributed by atoms with Gasteiger partial charge in [-0.25, -0.2) is 0 Å². The number of nitrogens with one attached hydrogen (secondary N) is 1. The second-order valence-electron chi connectivity index (χ2n) is 11.0. The van der Waals surface area contributed by atoms with E-state index in [-0.39, 0.29) is 18.7 Å². The van der Waals surface area contributed by atoms with Crippen molar-refractivity contribution in [2.45, 2.75) is 97.3 Å². The average Bonchev–Trinajstić information content (AvgIpc) is 3.48. The summed E-state index contributed by atoms with van der Waals surface area (Å²) in [5, 5.41) is 17.0. The van der Waals surface area contributed by atoms with Crippen molar-refractivity contribution in [3.05, 3.63) is 45.8 Å². The molecule has 2 N–H and O–H groups in total. The van der Waals surface area contributed by atoms with Crippen LogP contribution in [0.5, 0.6) is 0 Å². The minimum atomic E-state index is -0.924. The van der Waals surface area contributed by atoms with E-state index in [1.165, 1.54) is 12.0 Å². The highest BCUT2D eigenvalue weighted by molar-refractivity contribution is 5.92. The zero-order chi connectivity index (χ0) is 24.6. The molecule has 6 nitrogen and oxygen atoms in total. The minimum Gasteiger partial charge on any atom is -0.481 e. The molecule has 1 amide bonds. The molecule has 184 valence electrons. The van der Waals surface area contributed by atoms with Crippen LogP contribution in [0, 0.1) is 32.6 Å². The summed E-state index contributed by atoms with van der Waals surface area (Å²) in [4.78, 5) is 24.7. The number of rotatable bonds is 10. The van der Waals surface area contributed by atoms with Gasteiger partial charge in [0.2, 0.25) is 5.91 Å². The number of benzene rings is 1. The van der Waals surface area contributed by atoms with Crippen LogP contribution < -0.4 is 5.32 Å². The first kappa shape index (κ1) is 24.5. The number of aromatic nitrogens is 1. The normalized spacial score (nSPS) is 20.8. The molecule has 2 aliphatic rings. The molecule has 2 saturated carbocycles. The Kier molecular flexibility index (Phi) is 7.15. The third kappa shape index (κ3) is 5.37. The van der Waals surface area contributed by atoms with E-state index in [9.17, 15) is 14.7 Å². The summed E-state index contributed by atoms with van der Waals surface area (Å²) in [6.45, 7) is 10.6. The smallest absolute Gasteiger partial charge is 0.304 e. The number of anilines is 1. The number of hydrogen-bond donors (Lipinski definition) is 2. The van der Waals surface area contributed by atoms with Gasteiger partial charge in [0.1, 0.15) is 5.76 Å². The number of carbonyl (C=O) groups excluding carboxylic acids is 1. The standard InChI is InChI=1S/C28H38N2O4/c1-15(2)10-19-11-22(12-19)28-26(20-7-8-20)27(30-34-28)21(14-25(32)33)13-24(31)29-23-9-6-16(3)17(4)18(23)5/h6,9,15,19-22H,7-8,10-14H2,1-5H3,(H,29,31)(H,32,33). The van der Waals surface area contributed by atoms with E-state index in [2.05, 4.69) is 24.3 Å². The molecule has 0 saturated heterocycles. The number of aliphatic carboxylic acids is 1. The number of carbonyl (C=O) groups is 2. The first-order valence-electron chi connectivity index (χ1n) is 12.7. The van der Waals surface area contributed by atoms with Crippen molar-refractivity contribution in [2.75, 3.05) is 5.32 Å². The van der Waals surface area contributed by atoms with Gasteiger partial charge in [0.15, 0.2) is 0 Å². The Hall–Kier alpha value is -2.63. The van der Waals surface area contributed by atoms with Crippen molar-refractivity contribution >= 4 is 17.6 Å². The maximum Gasteiger partial charge on any atom is 0.304 e. The minimum absolute atomic E-state index is 0.0744. The topological polar surface area (TPSA) is 92.4 Å². The van der Waals surface area contributed by atoms with Gasteiger partial charge in [0, 0.05) is 29.5 Å². The maximum absolute atomic E-state index is 13.0. The van der Waals surface area contributed by atoms with Crippen molar-refractivity contribution in [1.82, 2.24) is 5.16 Å². The van der Waals surface area contributed by atoms with Crippen LogP contribution in [0.4, 0.5) is 5.69 Å². The molecule has 4 rings (SSSR count). The average molecular weight is 467 g/mol. The van der Waals surface area contributed by atoms with E-state index in [4.69, 9.17) is 4.52 Å². The zero-order valence-electron chi connectivity index (χ0n) is 21.1. The lowest BCUT2D eigenvalue weighted by Gasteiger charge is -2.35. The third-order valence-corrected chi connectivity index (χ3v) is 7.75. The van der Waals surface area contributed by atoms with E-state index in [0.717, 1.165) is 59.7 Å². The molecule has 2 aliphatic carbocycles. The lowest BCUT2D eigenvalue weighted by Crippen LogP contribution is -2.24. The zero-order valence-corrected chi connectivity index (χ0v) is 21.1. The van der Waals surface area contributed by atoms with Crippen LogP contribution in [0.1, 0.15) is 110 Å². The number of carboxylic acids is 1. The second kappa shape index (κ2) is 9.93. The van der Waals surface area contributed by atoms with Crippen molar-refractivity contribution in [2.24, 2.45) is 11.8 Å². The molecular formula is C28H38N2O4. The summed E-state index contributed by atoms with van der Waals surface area (Å²) in [5.74, 6) is 1.53. The van der Waals surface area contributed by atoms with Crippen LogP contribution in [0.25, 0.3) is 0 Å². The Morgan fingerprint density at radius 3 is 2.41 bits per heavy atom. The predicted octanol–water partition coefficient (Wildman–Crippen LogP) is 6.60. The molecule has 0 radical (unpaired) electrons. The molecule has 1 heterocycles. The van der Waals surface area contributed by atoms with Gasteiger partial charge in [-0.2, -0.15) is 0 Å².